The monoisotopic (exact) mass is 496 g/mol. The number of furan rings is 1. The quantitative estimate of drug-likeness (QED) is 0.295. The summed E-state index contributed by atoms with van der Waals surface area (Å²) in [5, 5.41) is 3.80. The van der Waals surface area contributed by atoms with Crippen molar-refractivity contribution in [3.05, 3.63) is 30.0 Å². The van der Waals surface area contributed by atoms with Crippen molar-refractivity contribution in [3.63, 3.8) is 0 Å². The molecule has 0 radical (unpaired) electrons. The van der Waals surface area contributed by atoms with Crippen molar-refractivity contribution in [2.75, 3.05) is 31.5 Å². The zero-order valence-corrected chi connectivity index (χ0v) is 20.4. The molecule has 36 heavy (non-hydrogen) atoms. The molecule has 4 rings (SSSR count). The average Bonchev–Trinajstić information content (AvgIpc) is 3.44. The normalized spacial score (nSPS) is 19.1. The highest BCUT2D eigenvalue weighted by Crippen LogP contribution is 2.24. The standard InChI is InChI=1S/C25H32N6O5/c1-15-12-16-13-17(7-8-19(16)36-15)28-24(21(22(26)33)23(27)34)29-18-6-2-3-11-31(25(18)35)14-20(32)30-9-4-5-10-30/h7-8,12-13,18,21H,2-6,9-11,14H2,1H3,(H2,26,33)(H2,27,34)(H,28,29)/t18-/m0/s1. The summed E-state index contributed by atoms with van der Waals surface area (Å²) < 4.78 is 5.59. The maximum absolute atomic E-state index is 13.4. The van der Waals surface area contributed by atoms with E-state index in [1.54, 1.807) is 23.1 Å². The highest BCUT2D eigenvalue weighted by Gasteiger charge is 2.34. The van der Waals surface area contributed by atoms with Gasteiger partial charge in [-0.05, 0) is 63.3 Å². The number of amides is 4. The van der Waals surface area contributed by atoms with E-state index >= 15 is 0 Å². The van der Waals surface area contributed by atoms with Crippen LogP contribution in [0.1, 0.15) is 37.9 Å². The number of aliphatic imine (C=N–C) groups is 1. The number of primary amides is 2. The van der Waals surface area contributed by atoms with Crippen molar-refractivity contribution in [1.82, 2.24) is 9.80 Å². The van der Waals surface area contributed by atoms with E-state index in [-0.39, 0.29) is 24.2 Å². The second-order valence-corrected chi connectivity index (χ2v) is 9.35. The Labute approximate surface area is 208 Å². The zero-order chi connectivity index (χ0) is 25.8. The van der Waals surface area contributed by atoms with E-state index < -0.39 is 23.8 Å². The SMILES string of the molecule is Cc1cc2cc(NC(=N[C@H]3CCCCN(CC(=O)N4CCCC4)C3=O)C(C(N)=O)C(N)=O)ccc2o1. The van der Waals surface area contributed by atoms with E-state index in [9.17, 15) is 19.2 Å². The van der Waals surface area contributed by atoms with Gasteiger partial charge in [0.05, 0.1) is 6.54 Å². The Kier molecular flexibility index (Phi) is 7.56. The second-order valence-electron chi connectivity index (χ2n) is 9.35. The number of carbonyl (C=O) groups is 4. The van der Waals surface area contributed by atoms with Crippen molar-refractivity contribution in [3.8, 4) is 0 Å². The molecule has 3 heterocycles. The zero-order valence-electron chi connectivity index (χ0n) is 20.4. The largest absolute Gasteiger partial charge is 0.461 e. The molecule has 0 bridgehead atoms. The number of fused-ring (bicyclic) bond motifs is 1. The fourth-order valence-electron chi connectivity index (χ4n) is 4.75. The summed E-state index contributed by atoms with van der Waals surface area (Å²) in [4.78, 5) is 58.3. The Balaban J connectivity index is 1.62. The first kappa shape index (κ1) is 25.2. The van der Waals surface area contributed by atoms with Crippen molar-refractivity contribution in [2.45, 2.75) is 45.1 Å². The summed E-state index contributed by atoms with van der Waals surface area (Å²) in [6.07, 6.45) is 3.75. The third kappa shape index (κ3) is 5.67. The Bertz CT molecular complexity index is 1180. The average molecular weight is 497 g/mol. The van der Waals surface area contributed by atoms with E-state index in [2.05, 4.69) is 10.3 Å². The highest BCUT2D eigenvalue weighted by atomic mass is 16.3. The smallest absolute Gasteiger partial charge is 0.247 e. The lowest BCUT2D eigenvalue weighted by Crippen LogP contribution is -2.47. The Morgan fingerprint density at radius 1 is 1.08 bits per heavy atom. The minimum Gasteiger partial charge on any atom is -0.461 e. The van der Waals surface area contributed by atoms with E-state index in [1.165, 1.54) is 4.90 Å². The van der Waals surface area contributed by atoms with E-state index in [4.69, 9.17) is 15.9 Å². The number of nitrogens with zero attached hydrogens (tertiary/aromatic N) is 3. The molecule has 2 fully saturated rings. The molecule has 0 saturated carbocycles. The van der Waals surface area contributed by atoms with Gasteiger partial charge in [0, 0.05) is 30.7 Å². The van der Waals surface area contributed by atoms with Crippen LogP contribution in [0.15, 0.2) is 33.7 Å². The number of aryl methyl sites for hydroxylation is 1. The van der Waals surface area contributed by atoms with Crippen LogP contribution in [-0.2, 0) is 19.2 Å². The van der Waals surface area contributed by atoms with Crippen LogP contribution < -0.4 is 16.8 Å². The van der Waals surface area contributed by atoms with Gasteiger partial charge in [0.15, 0.2) is 5.92 Å². The minimum atomic E-state index is -1.55. The summed E-state index contributed by atoms with van der Waals surface area (Å²) in [5.41, 5.74) is 12.2. The maximum Gasteiger partial charge on any atom is 0.247 e. The second kappa shape index (κ2) is 10.8. The summed E-state index contributed by atoms with van der Waals surface area (Å²) >= 11 is 0. The van der Waals surface area contributed by atoms with Gasteiger partial charge in [-0.15, -0.1) is 0 Å². The molecule has 4 amide bonds. The van der Waals surface area contributed by atoms with Crippen LogP contribution in [0.25, 0.3) is 11.0 Å². The number of amidine groups is 1. The molecule has 1 atom stereocenters. The molecule has 0 spiro atoms. The van der Waals surface area contributed by atoms with Crippen LogP contribution in [0, 0.1) is 12.8 Å². The van der Waals surface area contributed by atoms with Crippen LogP contribution in [0.5, 0.6) is 0 Å². The number of rotatable bonds is 7. The molecule has 5 N–H and O–H groups in total. The molecular formula is C25H32N6O5. The number of hydrogen-bond donors (Lipinski definition) is 3. The molecule has 1 aromatic heterocycles. The Morgan fingerprint density at radius 3 is 2.47 bits per heavy atom. The molecule has 0 aliphatic carbocycles. The summed E-state index contributed by atoms with van der Waals surface area (Å²) in [7, 11) is 0. The maximum atomic E-state index is 13.4. The predicted molar refractivity (Wildman–Crippen MR) is 134 cm³/mol. The Hall–Kier alpha value is -3.89. The van der Waals surface area contributed by atoms with Crippen molar-refractivity contribution >= 4 is 46.1 Å². The molecule has 11 heteroatoms. The number of nitrogens with two attached hydrogens (primary N) is 2. The number of benzene rings is 1. The summed E-state index contributed by atoms with van der Waals surface area (Å²) in [6.45, 7) is 3.66. The molecule has 1 aromatic carbocycles. The minimum absolute atomic E-state index is 0.0147. The molecule has 0 unspecified atom stereocenters. The molecule has 192 valence electrons. The number of carbonyl (C=O) groups excluding carboxylic acids is 4. The fraction of sp³-hybridized carbons (Fsp3) is 0.480. The third-order valence-corrected chi connectivity index (χ3v) is 6.59. The molecular weight excluding hydrogens is 464 g/mol. The number of hydrogen-bond acceptors (Lipinski definition) is 6. The van der Waals surface area contributed by atoms with E-state index in [1.807, 2.05) is 13.0 Å². The van der Waals surface area contributed by atoms with E-state index in [0.717, 1.165) is 30.4 Å². The van der Waals surface area contributed by atoms with Crippen LogP contribution in [0.4, 0.5) is 5.69 Å². The van der Waals surface area contributed by atoms with Gasteiger partial charge in [0.2, 0.25) is 23.6 Å². The molecule has 2 saturated heterocycles. The van der Waals surface area contributed by atoms with Gasteiger partial charge < -0.3 is 31.0 Å². The molecule has 11 nitrogen and oxygen atoms in total. The first-order valence-electron chi connectivity index (χ1n) is 12.2. The van der Waals surface area contributed by atoms with Gasteiger partial charge >= 0.3 is 0 Å². The van der Waals surface area contributed by atoms with Gasteiger partial charge in [-0.2, -0.15) is 0 Å². The number of likely N-dealkylation sites (tertiary alicyclic amines) is 2. The van der Waals surface area contributed by atoms with Crippen LogP contribution in [0.3, 0.4) is 0 Å². The summed E-state index contributed by atoms with van der Waals surface area (Å²) in [5.74, 6) is -3.28. The number of anilines is 1. The highest BCUT2D eigenvalue weighted by molar-refractivity contribution is 6.22. The van der Waals surface area contributed by atoms with Gasteiger partial charge in [0.25, 0.3) is 0 Å². The lowest BCUT2D eigenvalue weighted by atomic mass is 10.1. The van der Waals surface area contributed by atoms with Gasteiger partial charge in [-0.1, -0.05) is 0 Å². The van der Waals surface area contributed by atoms with Crippen LogP contribution in [-0.4, -0.2) is 71.5 Å². The predicted octanol–water partition coefficient (Wildman–Crippen LogP) is 1.14. The number of nitrogens with one attached hydrogen (secondary N) is 1. The first-order valence-corrected chi connectivity index (χ1v) is 12.2. The lowest BCUT2D eigenvalue weighted by Gasteiger charge is -2.26. The van der Waals surface area contributed by atoms with Gasteiger partial charge in [-0.3, -0.25) is 24.2 Å². The molecule has 2 aliphatic rings. The first-order chi connectivity index (χ1) is 17.2. The Morgan fingerprint density at radius 2 is 1.78 bits per heavy atom. The summed E-state index contributed by atoms with van der Waals surface area (Å²) in [6, 6.07) is 6.18. The van der Waals surface area contributed by atoms with E-state index in [0.29, 0.717) is 43.7 Å². The van der Waals surface area contributed by atoms with Crippen LogP contribution in [0.2, 0.25) is 0 Å². The topological polar surface area (TPSA) is 164 Å². The van der Waals surface area contributed by atoms with Crippen molar-refractivity contribution in [2.24, 2.45) is 22.4 Å². The van der Waals surface area contributed by atoms with Gasteiger partial charge in [0.1, 0.15) is 23.2 Å². The molecule has 2 aromatic rings. The van der Waals surface area contributed by atoms with Crippen molar-refractivity contribution in [1.29, 1.82) is 0 Å². The lowest BCUT2D eigenvalue weighted by molar-refractivity contribution is -0.140. The van der Waals surface area contributed by atoms with Crippen molar-refractivity contribution < 1.29 is 23.6 Å². The van der Waals surface area contributed by atoms with Gasteiger partial charge in [-0.25, -0.2) is 0 Å². The van der Waals surface area contributed by atoms with Crippen LogP contribution >= 0.6 is 0 Å². The fourth-order valence-corrected chi connectivity index (χ4v) is 4.75. The molecule has 2 aliphatic heterocycles. The third-order valence-electron chi connectivity index (χ3n) is 6.59.